The Labute approximate surface area is 191 Å². The summed E-state index contributed by atoms with van der Waals surface area (Å²) in [5.74, 6) is 0.502. The lowest BCUT2D eigenvalue weighted by Gasteiger charge is -2.45. The van der Waals surface area contributed by atoms with Crippen molar-refractivity contribution in [3.05, 3.63) is 71.8 Å². The largest absolute Gasteiger partial charge is 0.340 e. The standard InChI is InChI=1S/C28H34N2O2/c1-26(2)27(3)14-15-28(26,20-23(27)31)25(32)30-18-16-29(17-19-30)24(21-10-6-4-7-11-21)22-12-8-5-9-13-22/h4-13,24H,14-20H2,1-3H3/t27-,28-/m0/s1. The minimum Gasteiger partial charge on any atom is -0.340 e. The maximum atomic E-state index is 13.9. The average Bonchev–Trinajstić information content (AvgIpc) is 3.11. The third-order valence-corrected chi connectivity index (χ3v) is 9.31. The molecule has 1 amide bonds. The van der Waals surface area contributed by atoms with Crippen LogP contribution < -0.4 is 0 Å². The van der Waals surface area contributed by atoms with Gasteiger partial charge in [-0.05, 0) is 29.4 Å². The van der Waals surface area contributed by atoms with Crippen LogP contribution in [0.1, 0.15) is 57.2 Å². The van der Waals surface area contributed by atoms with E-state index in [4.69, 9.17) is 0 Å². The fraction of sp³-hybridized carbons (Fsp3) is 0.500. The van der Waals surface area contributed by atoms with Crippen LogP contribution >= 0.6 is 0 Å². The minimum absolute atomic E-state index is 0.187. The lowest BCUT2D eigenvalue weighted by Crippen LogP contribution is -2.55. The molecule has 2 saturated carbocycles. The predicted molar refractivity (Wildman–Crippen MR) is 126 cm³/mol. The van der Waals surface area contributed by atoms with Gasteiger partial charge < -0.3 is 4.90 Å². The molecule has 4 nitrogen and oxygen atoms in total. The van der Waals surface area contributed by atoms with E-state index < -0.39 is 5.41 Å². The van der Waals surface area contributed by atoms with Crippen molar-refractivity contribution in [3.63, 3.8) is 0 Å². The summed E-state index contributed by atoms with van der Waals surface area (Å²) >= 11 is 0. The number of amides is 1. The summed E-state index contributed by atoms with van der Waals surface area (Å²) in [6.45, 7) is 9.50. The Balaban J connectivity index is 1.36. The molecule has 1 aliphatic heterocycles. The van der Waals surface area contributed by atoms with Crippen molar-refractivity contribution in [2.75, 3.05) is 26.2 Å². The van der Waals surface area contributed by atoms with Gasteiger partial charge in [-0.3, -0.25) is 14.5 Å². The molecule has 2 bridgehead atoms. The van der Waals surface area contributed by atoms with Crippen LogP contribution in [-0.2, 0) is 9.59 Å². The molecule has 1 saturated heterocycles. The SMILES string of the molecule is CC1(C)[C@@]2(C(=O)N3CCN(C(c4ccccc4)c4ccccc4)CC3)CC[C@@]1(C)C(=O)C2. The summed E-state index contributed by atoms with van der Waals surface area (Å²) in [4.78, 5) is 31.2. The second kappa shape index (κ2) is 7.55. The van der Waals surface area contributed by atoms with Crippen LogP contribution in [0, 0.1) is 16.2 Å². The second-order valence-corrected chi connectivity index (χ2v) is 10.7. The lowest BCUT2D eigenvalue weighted by atomic mass is 9.64. The smallest absolute Gasteiger partial charge is 0.229 e. The van der Waals surface area contributed by atoms with Crippen molar-refractivity contribution in [1.82, 2.24) is 9.80 Å². The first kappa shape index (κ1) is 21.4. The van der Waals surface area contributed by atoms with Gasteiger partial charge >= 0.3 is 0 Å². The molecule has 0 spiro atoms. The van der Waals surface area contributed by atoms with Crippen LogP contribution in [0.15, 0.2) is 60.7 Å². The monoisotopic (exact) mass is 430 g/mol. The van der Waals surface area contributed by atoms with Crippen molar-refractivity contribution < 1.29 is 9.59 Å². The van der Waals surface area contributed by atoms with E-state index in [1.165, 1.54) is 11.1 Å². The Hall–Kier alpha value is -2.46. The molecule has 3 aliphatic rings. The maximum absolute atomic E-state index is 13.9. The number of hydrogen-bond acceptors (Lipinski definition) is 3. The van der Waals surface area contributed by atoms with E-state index in [0.29, 0.717) is 6.42 Å². The number of Topliss-reactive ketones (excluding diaryl/α,β-unsaturated/α-hetero) is 1. The zero-order valence-electron chi connectivity index (χ0n) is 19.5. The highest BCUT2D eigenvalue weighted by Gasteiger charge is 2.73. The summed E-state index contributed by atoms with van der Waals surface area (Å²) in [6, 6.07) is 21.5. The molecule has 168 valence electrons. The van der Waals surface area contributed by atoms with Gasteiger partial charge in [0.15, 0.2) is 0 Å². The highest BCUT2D eigenvalue weighted by Crippen LogP contribution is 2.71. The Kier molecular flexibility index (Phi) is 5.05. The van der Waals surface area contributed by atoms with Crippen LogP contribution in [-0.4, -0.2) is 47.7 Å². The fourth-order valence-corrected chi connectivity index (χ4v) is 6.70. The molecule has 2 aromatic carbocycles. The molecule has 2 atom stereocenters. The van der Waals surface area contributed by atoms with E-state index in [9.17, 15) is 9.59 Å². The zero-order valence-corrected chi connectivity index (χ0v) is 19.5. The van der Waals surface area contributed by atoms with Gasteiger partial charge in [0, 0.05) is 38.0 Å². The predicted octanol–water partition coefficient (Wildman–Crippen LogP) is 4.71. The Bertz CT molecular complexity index is 971. The molecule has 4 heteroatoms. The first-order valence-corrected chi connectivity index (χ1v) is 12.0. The van der Waals surface area contributed by atoms with E-state index in [2.05, 4.69) is 91.2 Å². The van der Waals surface area contributed by atoms with Crippen molar-refractivity contribution in [1.29, 1.82) is 0 Å². The van der Waals surface area contributed by atoms with E-state index in [0.717, 1.165) is 39.0 Å². The van der Waals surface area contributed by atoms with Crippen molar-refractivity contribution in [3.8, 4) is 0 Å². The van der Waals surface area contributed by atoms with E-state index in [-0.39, 0.29) is 28.6 Å². The molecular formula is C28H34N2O2. The molecule has 1 heterocycles. The first-order chi connectivity index (χ1) is 15.3. The number of ketones is 1. The molecule has 0 unspecified atom stereocenters. The third-order valence-electron chi connectivity index (χ3n) is 9.31. The molecule has 2 aromatic rings. The van der Waals surface area contributed by atoms with Crippen LogP contribution in [0.5, 0.6) is 0 Å². The van der Waals surface area contributed by atoms with Crippen LogP contribution in [0.2, 0.25) is 0 Å². The van der Waals surface area contributed by atoms with E-state index >= 15 is 0 Å². The van der Waals surface area contributed by atoms with E-state index in [1.807, 2.05) is 0 Å². The van der Waals surface area contributed by atoms with Crippen LogP contribution in [0.25, 0.3) is 0 Å². The number of benzene rings is 2. The molecule has 5 rings (SSSR count). The molecule has 0 radical (unpaired) electrons. The number of nitrogens with zero attached hydrogens (tertiary/aromatic N) is 2. The normalized spacial score (nSPS) is 29.6. The average molecular weight is 431 g/mol. The van der Waals surface area contributed by atoms with Gasteiger partial charge in [-0.15, -0.1) is 0 Å². The van der Waals surface area contributed by atoms with Gasteiger partial charge in [-0.1, -0.05) is 81.4 Å². The molecule has 3 fully saturated rings. The van der Waals surface area contributed by atoms with Crippen LogP contribution in [0.3, 0.4) is 0 Å². The Morgan fingerprint density at radius 1 is 0.812 bits per heavy atom. The number of piperazine rings is 1. The zero-order chi connectivity index (χ0) is 22.6. The third kappa shape index (κ3) is 2.92. The molecule has 0 aromatic heterocycles. The highest BCUT2D eigenvalue weighted by atomic mass is 16.2. The quantitative estimate of drug-likeness (QED) is 0.706. The fourth-order valence-electron chi connectivity index (χ4n) is 6.70. The first-order valence-electron chi connectivity index (χ1n) is 12.0. The van der Waals surface area contributed by atoms with Gasteiger partial charge in [0.05, 0.1) is 11.5 Å². The van der Waals surface area contributed by atoms with Crippen molar-refractivity contribution in [2.45, 2.75) is 46.1 Å². The number of rotatable bonds is 4. The van der Waals surface area contributed by atoms with Gasteiger partial charge in [-0.25, -0.2) is 0 Å². The Morgan fingerprint density at radius 2 is 1.34 bits per heavy atom. The number of fused-ring (bicyclic) bond motifs is 2. The molecule has 32 heavy (non-hydrogen) atoms. The van der Waals surface area contributed by atoms with Gasteiger partial charge in [0.25, 0.3) is 0 Å². The number of hydrogen-bond donors (Lipinski definition) is 0. The molecular weight excluding hydrogens is 396 g/mol. The van der Waals surface area contributed by atoms with E-state index in [1.54, 1.807) is 0 Å². The van der Waals surface area contributed by atoms with Gasteiger partial charge in [0.1, 0.15) is 5.78 Å². The van der Waals surface area contributed by atoms with Crippen molar-refractivity contribution in [2.24, 2.45) is 16.2 Å². The van der Waals surface area contributed by atoms with Crippen LogP contribution in [0.4, 0.5) is 0 Å². The highest BCUT2D eigenvalue weighted by molar-refractivity contribution is 5.99. The van der Waals surface area contributed by atoms with Gasteiger partial charge in [0.2, 0.25) is 5.91 Å². The lowest BCUT2D eigenvalue weighted by molar-refractivity contribution is -0.149. The van der Waals surface area contributed by atoms with Crippen molar-refractivity contribution >= 4 is 11.7 Å². The summed E-state index contributed by atoms with van der Waals surface area (Å²) in [7, 11) is 0. The number of carbonyl (C=O) groups excluding carboxylic acids is 2. The minimum atomic E-state index is -0.515. The summed E-state index contributed by atoms with van der Waals surface area (Å²) in [5, 5.41) is 0. The maximum Gasteiger partial charge on any atom is 0.229 e. The second-order valence-electron chi connectivity index (χ2n) is 10.7. The summed E-state index contributed by atoms with van der Waals surface area (Å²) < 4.78 is 0. The Morgan fingerprint density at radius 3 is 1.78 bits per heavy atom. The molecule has 0 N–H and O–H groups in total. The topological polar surface area (TPSA) is 40.6 Å². The molecule has 2 aliphatic carbocycles. The number of carbonyl (C=O) groups is 2. The summed E-state index contributed by atoms with van der Waals surface area (Å²) in [5.41, 5.74) is 1.43. The van der Waals surface area contributed by atoms with Gasteiger partial charge in [-0.2, -0.15) is 0 Å². The summed E-state index contributed by atoms with van der Waals surface area (Å²) in [6.07, 6.45) is 2.11.